The molecule has 1 fully saturated rings. The van der Waals surface area contributed by atoms with Crippen LogP contribution < -0.4 is 5.32 Å². The molecule has 0 unspecified atom stereocenters. The number of benzene rings is 1. The summed E-state index contributed by atoms with van der Waals surface area (Å²) in [7, 11) is 4.08. The number of pyridine rings is 1. The van der Waals surface area contributed by atoms with E-state index in [1.165, 1.54) is 6.08 Å². The molecule has 10 nitrogen and oxygen atoms in total. The van der Waals surface area contributed by atoms with Crippen LogP contribution in [0.3, 0.4) is 0 Å². The van der Waals surface area contributed by atoms with E-state index < -0.39 is 0 Å². The number of aromatic nitrogens is 5. The van der Waals surface area contributed by atoms with Crippen LogP contribution in [0.4, 0.5) is 5.95 Å². The van der Waals surface area contributed by atoms with Crippen LogP contribution >= 0.6 is 0 Å². The summed E-state index contributed by atoms with van der Waals surface area (Å²) in [6.45, 7) is 8.37. The lowest BCUT2D eigenvalue weighted by molar-refractivity contribution is -0.126. The predicted octanol–water partition coefficient (Wildman–Crippen LogP) is 3.64. The largest absolute Gasteiger partial charge is 0.337 e. The summed E-state index contributed by atoms with van der Waals surface area (Å²) in [6, 6.07) is 7.52. The smallest absolute Gasteiger partial charge is 0.258 e. The third kappa shape index (κ3) is 5.17. The number of carbonyl (C=O) groups excluding carboxylic acids is 2. The van der Waals surface area contributed by atoms with Crippen LogP contribution in [-0.4, -0.2) is 79.7 Å². The van der Waals surface area contributed by atoms with Crippen molar-refractivity contribution in [3.63, 3.8) is 0 Å². The van der Waals surface area contributed by atoms with Crippen LogP contribution in [0.2, 0.25) is 0 Å². The van der Waals surface area contributed by atoms with Gasteiger partial charge in [-0.3, -0.25) is 24.6 Å². The number of rotatable bonds is 7. The Bertz CT molecular complexity index is 1500. The second-order valence-electron chi connectivity index (χ2n) is 10.2. The molecular formula is C28H34N8O2. The maximum atomic E-state index is 13.3. The number of fused-ring (bicyclic) bond motifs is 2. The number of amides is 2. The summed E-state index contributed by atoms with van der Waals surface area (Å²) < 4.78 is 4.10. The van der Waals surface area contributed by atoms with Gasteiger partial charge in [-0.05, 0) is 70.6 Å². The Morgan fingerprint density at radius 3 is 2.82 bits per heavy atom. The van der Waals surface area contributed by atoms with Crippen molar-refractivity contribution < 1.29 is 9.59 Å². The van der Waals surface area contributed by atoms with Gasteiger partial charge in [0.1, 0.15) is 0 Å². The number of likely N-dealkylation sites (N-methyl/N-ethyl adjacent to an activating group) is 1. The van der Waals surface area contributed by atoms with Gasteiger partial charge in [-0.1, -0.05) is 6.58 Å². The Hall–Kier alpha value is -4.05. The lowest BCUT2D eigenvalue weighted by atomic mass is 10.1. The standard InChI is InChI=1S/C28H34N8O2/c1-5-26(37)34-11-7-6-8-22(18-34)36-25-16-24-21(17-30-35(24)13-12-33(3)4)15-23(25)31-28(36)32-27(38)20-9-10-29-19(2)14-20/h5,9-10,14-17,22H,1,6-8,11-13,18H2,2-4H3,(H,31,32,38)/t22-/m1/s1. The van der Waals surface area contributed by atoms with E-state index in [0.717, 1.165) is 60.0 Å². The van der Waals surface area contributed by atoms with Crippen LogP contribution in [0.5, 0.6) is 0 Å². The first-order valence-corrected chi connectivity index (χ1v) is 13.0. The first-order chi connectivity index (χ1) is 18.3. The first-order valence-electron chi connectivity index (χ1n) is 13.0. The van der Waals surface area contributed by atoms with Crippen molar-refractivity contribution in [2.75, 3.05) is 39.0 Å². The summed E-state index contributed by atoms with van der Waals surface area (Å²) >= 11 is 0. The quantitative estimate of drug-likeness (QED) is 0.378. The van der Waals surface area contributed by atoms with E-state index in [2.05, 4.69) is 37.5 Å². The second-order valence-corrected chi connectivity index (χ2v) is 10.2. The van der Waals surface area contributed by atoms with E-state index in [4.69, 9.17) is 4.98 Å². The molecule has 4 aromatic rings. The highest BCUT2D eigenvalue weighted by Crippen LogP contribution is 2.33. The Morgan fingerprint density at radius 1 is 1.21 bits per heavy atom. The normalized spacial score (nSPS) is 16.2. The molecule has 1 aliphatic rings. The highest BCUT2D eigenvalue weighted by molar-refractivity contribution is 6.04. The van der Waals surface area contributed by atoms with Crippen molar-refractivity contribution in [3.05, 3.63) is 60.6 Å². The molecule has 0 saturated carbocycles. The van der Waals surface area contributed by atoms with E-state index in [1.54, 1.807) is 18.3 Å². The lowest BCUT2D eigenvalue weighted by Crippen LogP contribution is -2.34. The van der Waals surface area contributed by atoms with Crippen LogP contribution in [0.1, 0.15) is 41.4 Å². The molecule has 0 bridgehead atoms. The number of imidazole rings is 1. The number of hydrogen-bond acceptors (Lipinski definition) is 6. The van der Waals surface area contributed by atoms with Crippen LogP contribution in [0.15, 0.2) is 49.3 Å². The molecular weight excluding hydrogens is 480 g/mol. The molecule has 1 atom stereocenters. The highest BCUT2D eigenvalue weighted by Gasteiger charge is 2.27. The number of aryl methyl sites for hydroxylation is 1. The van der Waals surface area contributed by atoms with Gasteiger partial charge in [0.05, 0.1) is 35.3 Å². The van der Waals surface area contributed by atoms with Crippen molar-refractivity contribution >= 4 is 39.7 Å². The maximum Gasteiger partial charge on any atom is 0.258 e. The topological polar surface area (TPSA) is 101 Å². The third-order valence-corrected chi connectivity index (χ3v) is 7.09. The minimum absolute atomic E-state index is 0.0588. The van der Waals surface area contributed by atoms with Crippen molar-refractivity contribution in [2.45, 2.75) is 38.8 Å². The molecule has 1 saturated heterocycles. The van der Waals surface area contributed by atoms with Gasteiger partial charge in [-0.25, -0.2) is 4.98 Å². The molecule has 1 N–H and O–H groups in total. The molecule has 1 aliphatic heterocycles. The fraction of sp³-hybridized carbons (Fsp3) is 0.393. The molecule has 38 heavy (non-hydrogen) atoms. The molecule has 1 aromatic carbocycles. The molecule has 3 aromatic heterocycles. The van der Waals surface area contributed by atoms with Gasteiger partial charge >= 0.3 is 0 Å². The van der Waals surface area contributed by atoms with Gasteiger partial charge in [0.15, 0.2) is 0 Å². The van der Waals surface area contributed by atoms with Crippen LogP contribution in [-0.2, 0) is 11.3 Å². The monoisotopic (exact) mass is 514 g/mol. The number of anilines is 1. The van der Waals surface area contributed by atoms with Crippen molar-refractivity contribution in [1.82, 2.24) is 34.1 Å². The van der Waals surface area contributed by atoms with Gasteiger partial charge in [-0.2, -0.15) is 5.10 Å². The van der Waals surface area contributed by atoms with E-state index in [1.807, 2.05) is 42.9 Å². The first kappa shape index (κ1) is 25.6. The minimum Gasteiger partial charge on any atom is -0.337 e. The van der Waals surface area contributed by atoms with Gasteiger partial charge in [0.25, 0.3) is 5.91 Å². The van der Waals surface area contributed by atoms with Gasteiger partial charge < -0.3 is 14.4 Å². The summed E-state index contributed by atoms with van der Waals surface area (Å²) in [5.74, 6) is 0.141. The molecule has 5 rings (SSSR count). The van der Waals surface area contributed by atoms with Crippen molar-refractivity contribution in [2.24, 2.45) is 0 Å². The zero-order valence-corrected chi connectivity index (χ0v) is 22.2. The number of carbonyl (C=O) groups is 2. The van der Waals surface area contributed by atoms with Gasteiger partial charge in [0.2, 0.25) is 11.9 Å². The Balaban J connectivity index is 1.61. The number of hydrogen-bond donors (Lipinski definition) is 1. The third-order valence-electron chi connectivity index (χ3n) is 7.09. The van der Waals surface area contributed by atoms with Gasteiger partial charge in [-0.15, -0.1) is 0 Å². The van der Waals surface area contributed by atoms with E-state index in [0.29, 0.717) is 24.6 Å². The van der Waals surface area contributed by atoms with E-state index >= 15 is 0 Å². The second kappa shape index (κ2) is 10.7. The average molecular weight is 515 g/mol. The summed E-state index contributed by atoms with van der Waals surface area (Å²) in [6.07, 6.45) is 7.60. The van der Waals surface area contributed by atoms with Crippen LogP contribution in [0, 0.1) is 6.92 Å². The molecule has 0 spiro atoms. The minimum atomic E-state index is -0.249. The SMILES string of the molecule is C=CC(=O)N1CCCC[C@@H](n2c(NC(=O)c3ccnc(C)c3)nc3cc4cnn(CCN(C)C)c4cc32)C1. The van der Waals surface area contributed by atoms with Gasteiger partial charge in [0, 0.05) is 42.5 Å². The Morgan fingerprint density at radius 2 is 2.05 bits per heavy atom. The summed E-state index contributed by atoms with van der Waals surface area (Å²) in [4.78, 5) is 38.9. The molecule has 0 aliphatic carbocycles. The number of nitrogens with one attached hydrogen (secondary N) is 1. The van der Waals surface area contributed by atoms with E-state index in [-0.39, 0.29) is 17.9 Å². The predicted molar refractivity (Wildman–Crippen MR) is 148 cm³/mol. The fourth-order valence-electron chi connectivity index (χ4n) is 5.12. The Kier molecular flexibility index (Phi) is 7.24. The molecule has 10 heteroatoms. The number of likely N-dealkylation sites (tertiary alicyclic amines) is 1. The lowest BCUT2D eigenvalue weighted by Gasteiger charge is -2.26. The average Bonchev–Trinajstić information content (AvgIpc) is 3.35. The molecule has 2 amide bonds. The highest BCUT2D eigenvalue weighted by atomic mass is 16.2. The summed E-state index contributed by atoms with van der Waals surface area (Å²) in [5, 5.41) is 8.65. The molecule has 198 valence electrons. The van der Waals surface area contributed by atoms with Crippen molar-refractivity contribution in [3.8, 4) is 0 Å². The molecule has 4 heterocycles. The van der Waals surface area contributed by atoms with E-state index in [9.17, 15) is 9.59 Å². The summed E-state index contributed by atoms with van der Waals surface area (Å²) in [5.41, 5.74) is 3.97. The zero-order valence-electron chi connectivity index (χ0n) is 22.2. The number of nitrogens with zero attached hydrogens (tertiary/aromatic N) is 7. The zero-order chi connectivity index (χ0) is 26.8. The molecule has 0 radical (unpaired) electrons. The fourth-order valence-corrected chi connectivity index (χ4v) is 5.12. The van der Waals surface area contributed by atoms with Crippen molar-refractivity contribution in [1.29, 1.82) is 0 Å². The Labute approximate surface area is 221 Å². The maximum absolute atomic E-state index is 13.3. The van der Waals surface area contributed by atoms with Crippen LogP contribution in [0.25, 0.3) is 21.9 Å².